The van der Waals surface area contributed by atoms with Crippen molar-refractivity contribution in [3.05, 3.63) is 0 Å². The maximum atomic E-state index is 12.3. The lowest BCUT2D eigenvalue weighted by atomic mass is 9.85. The molecule has 0 spiro atoms. The molecule has 5 nitrogen and oxygen atoms in total. The van der Waals surface area contributed by atoms with Crippen molar-refractivity contribution in [3.63, 3.8) is 0 Å². The van der Waals surface area contributed by atoms with Crippen LogP contribution in [0.25, 0.3) is 0 Å². The van der Waals surface area contributed by atoms with E-state index in [1.165, 1.54) is 14.2 Å². The Morgan fingerprint density at radius 2 is 1.48 bits per heavy atom. The summed E-state index contributed by atoms with van der Waals surface area (Å²) < 4.78 is 16.3. The molecule has 0 amide bonds. The third-order valence-electron chi connectivity index (χ3n) is 4.57. The zero-order valence-corrected chi connectivity index (χ0v) is 17.8. The molecule has 0 heterocycles. The van der Waals surface area contributed by atoms with Gasteiger partial charge in [-0.15, -0.1) is 0 Å². The fourth-order valence-electron chi connectivity index (χ4n) is 4.03. The highest BCUT2D eigenvalue weighted by Crippen LogP contribution is 2.50. The molecule has 0 bridgehead atoms. The predicted molar refractivity (Wildman–Crippen MR) is 95.1 cm³/mol. The smallest absolute Gasteiger partial charge is 0.323 e. The highest BCUT2D eigenvalue weighted by Gasteiger charge is 2.56. The molecule has 1 rings (SSSR count). The van der Waals surface area contributed by atoms with Crippen molar-refractivity contribution in [3.8, 4) is 0 Å². The lowest BCUT2D eigenvalue weighted by Crippen LogP contribution is -2.44. The van der Waals surface area contributed by atoms with Crippen LogP contribution in [0.15, 0.2) is 0 Å². The first-order chi connectivity index (χ1) is 10.4. The number of esters is 2. The van der Waals surface area contributed by atoms with Gasteiger partial charge in [0.05, 0.1) is 14.2 Å². The molecule has 0 unspecified atom stereocenters. The number of methoxy groups -OCH3 is 2. The Hall–Kier alpha value is -0.666. The van der Waals surface area contributed by atoms with Crippen LogP contribution < -0.4 is 0 Å². The predicted octanol–water partition coefficient (Wildman–Crippen LogP) is 3.42. The van der Waals surface area contributed by atoms with Gasteiger partial charge in [0.2, 0.25) is 0 Å². The maximum absolute atomic E-state index is 12.3. The van der Waals surface area contributed by atoms with Crippen LogP contribution >= 0.6 is 0 Å². The summed E-state index contributed by atoms with van der Waals surface area (Å²) in [5, 5.41) is 0. The zero-order valence-electron chi connectivity index (χ0n) is 15.8. The second kappa shape index (κ2) is 7.07. The molecular weight excluding hydrogens is 328 g/mol. The Bertz CT molecular complexity index is 440. The minimum Gasteiger partial charge on any atom is -0.468 e. The summed E-state index contributed by atoms with van der Waals surface area (Å²) in [6.07, 6.45) is 0.993. The second-order valence-corrected chi connectivity index (χ2v) is 17.4. The topological polar surface area (TPSA) is 61.8 Å². The van der Waals surface area contributed by atoms with Gasteiger partial charge in [-0.3, -0.25) is 9.59 Å². The normalized spacial score (nSPS) is 24.3. The lowest BCUT2D eigenvalue weighted by molar-refractivity contribution is -0.169. The van der Waals surface area contributed by atoms with Gasteiger partial charge in [0.15, 0.2) is 22.0 Å². The maximum Gasteiger partial charge on any atom is 0.323 e. The number of carbonyl (C=O) groups excluding carboxylic acids is 2. The summed E-state index contributed by atoms with van der Waals surface area (Å²) in [6, 6.07) is 0.953. The average Bonchev–Trinajstić information content (AvgIpc) is 2.71. The third kappa shape index (κ3) is 4.90. The Labute approximate surface area is 142 Å². The first-order valence-corrected chi connectivity index (χ1v) is 14.8. The Balaban J connectivity index is 2.96. The van der Waals surface area contributed by atoms with E-state index in [2.05, 4.69) is 39.7 Å². The summed E-state index contributed by atoms with van der Waals surface area (Å²) in [7, 11) is -0.779. The first kappa shape index (κ1) is 20.4. The minimum absolute atomic E-state index is 0.269. The van der Waals surface area contributed by atoms with E-state index >= 15 is 0 Å². The van der Waals surface area contributed by atoms with Crippen LogP contribution in [-0.2, 0) is 23.2 Å². The van der Waals surface area contributed by atoms with E-state index in [0.717, 1.165) is 6.04 Å². The van der Waals surface area contributed by atoms with Gasteiger partial charge in [-0.05, 0) is 63.5 Å². The minimum atomic E-state index is -1.84. The van der Waals surface area contributed by atoms with Crippen molar-refractivity contribution >= 4 is 28.6 Å². The van der Waals surface area contributed by atoms with Crippen LogP contribution in [0.1, 0.15) is 19.8 Å². The van der Waals surface area contributed by atoms with Crippen molar-refractivity contribution < 1.29 is 23.2 Å². The van der Waals surface area contributed by atoms with E-state index in [4.69, 9.17) is 13.6 Å². The molecule has 0 aliphatic heterocycles. The van der Waals surface area contributed by atoms with Crippen LogP contribution in [0.3, 0.4) is 0 Å². The van der Waals surface area contributed by atoms with Crippen LogP contribution in [-0.4, -0.2) is 42.8 Å². The van der Waals surface area contributed by atoms with E-state index in [9.17, 15) is 9.59 Å². The number of rotatable bonds is 6. The molecule has 0 radical (unpaired) electrons. The average molecular weight is 361 g/mol. The molecule has 1 aliphatic rings. The number of ether oxygens (including phenoxy) is 2. The molecule has 0 saturated heterocycles. The number of hydrogen-bond donors (Lipinski definition) is 0. The zero-order chi connectivity index (χ0) is 18.1. The molecular formula is C16H32O5Si2. The number of carbonyl (C=O) groups is 2. The highest BCUT2D eigenvalue weighted by molar-refractivity contribution is 6.84. The van der Waals surface area contributed by atoms with Gasteiger partial charge in [-0.2, -0.15) is 0 Å². The quantitative estimate of drug-likeness (QED) is 0.412. The molecule has 1 aliphatic carbocycles. The van der Waals surface area contributed by atoms with Gasteiger partial charge in [0.25, 0.3) is 0 Å². The first-order valence-electron chi connectivity index (χ1n) is 8.24. The van der Waals surface area contributed by atoms with E-state index in [0.29, 0.717) is 12.8 Å². The second-order valence-electron chi connectivity index (χ2n) is 8.39. The Morgan fingerprint density at radius 3 is 1.87 bits per heavy atom. The molecule has 2 atom stereocenters. The van der Waals surface area contributed by atoms with Gasteiger partial charge >= 0.3 is 11.9 Å². The van der Waals surface area contributed by atoms with E-state index < -0.39 is 34.0 Å². The summed E-state index contributed by atoms with van der Waals surface area (Å²) in [6.45, 7) is 13.2. The summed E-state index contributed by atoms with van der Waals surface area (Å²) in [5.41, 5.74) is -1.14. The molecule has 23 heavy (non-hydrogen) atoms. The molecule has 0 N–H and O–H groups in total. The largest absolute Gasteiger partial charge is 0.468 e. The van der Waals surface area contributed by atoms with Crippen LogP contribution in [0, 0.1) is 17.3 Å². The van der Waals surface area contributed by atoms with Gasteiger partial charge in [-0.25, -0.2) is 0 Å². The lowest BCUT2D eigenvalue weighted by Gasteiger charge is -2.34. The molecule has 0 aromatic rings. The molecule has 0 aromatic carbocycles. The molecule has 7 heteroatoms. The molecule has 1 fully saturated rings. The SMILES string of the molecule is COC(=O)C1(C(=O)OC)C[C@H](C[Si](C)(C)O[Si](C)(C)C)[C@@H](C)C1. The van der Waals surface area contributed by atoms with Gasteiger partial charge in [0, 0.05) is 0 Å². The van der Waals surface area contributed by atoms with Gasteiger partial charge in [0.1, 0.15) is 0 Å². The fourth-order valence-corrected chi connectivity index (χ4v) is 12.8. The van der Waals surface area contributed by atoms with Crippen molar-refractivity contribution in [1.82, 2.24) is 0 Å². The fraction of sp³-hybridized carbons (Fsp3) is 0.875. The molecule has 1 saturated carbocycles. The number of hydrogen-bond acceptors (Lipinski definition) is 5. The molecule has 0 aromatic heterocycles. The van der Waals surface area contributed by atoms with Crippen molar-refractivity contribution in [2.75, 3.05) is 14.2 Å². The van der Waals surface area contributed by atoms with E-state index in [1.807, 2.05) is 0 Å². The Kier molecular flexibility index (Phi) is 6.26. The van der Waals surface area contributed by atoms with E-state index in [-0.39, 0.29) is 11.8 Å². The van der Waals surface area contributed by atoms with Gasteiger partial charge < -0.3 is 13.6 Å². The van der Waals surface area contributed by atoms with Crippen LogP contribution in [0.4, 0.5) is 0 Å². The Morgan fingerprint density at radius 1 is 1.00 bits per heavy atom. The van der Waals surface area contributed by atoms with Gasteiger partial charge in [-0.1, -0.05) is 6.92 Å². The standard InChI is InChI=1S/C16H32O5Si2/c1-12-9-16(14(17)19-2,15(18)20-3)10-13(12)11-23(7,8)21-22(4,5)6/h12-13H,9-11H2,1-8H3/t12-,13+/m0/s1. The third-order valence-corrected chi connectivity index (χ3v) is 10.7. The van der Waals surface area contributed by atoms with Crippen LogP contribution in [0.2, 0.25) is 38.8 Å². The molecule has 134 valence electrons. The van der Waals surface area contributed by atoms with Crippen molar-refractivity contribution in [2.24, 2.45) is 17.3 Å². The monoisotopic (exact) mass is 360 g/mol. The summed E-state index contributed by atoms with van der Waals surface area (Å²) >= 11 is 0. The highest BCUT2D eigenvalue weighted by atomic mass is 28.4. The van der Waals surface area contributed by atoms with E-state index in [1.54, 1.807) is 0 Å². The van der Waals surface area contributed by atoms with Crippen molar-refractivity contribution in [2.45, 2.75) is 58.5 Å². The summed E-state index contributed by atoms with van der Waals surface area (Å²) in [4.78, 5) is 24.6. The summed E-state index contributed by atoms with van der Waals surface area (Å²) in [5.74, 6) is -0.384. The van der Waals surface area contributed by atoms with Crippen LogP contribution in [0.5, 0.6) is 0 Å². The van der Waals surface area contributed by atoms with Crippen molar-refractivity contribution in [1.29, 1.82) is 0 Å².